The van der Waals surface area contributed by atoms with Crippen LogP contribution in [0.2, 0.25) is 0 Å². The molecular weight excluding hydrogens is 570 g/mol. The van der Waals surface area contributed by atoms with E-state index < -0.39 is 53.2 Å². The molecule has 3 rings (SSSR count). The Morgan fingerprint density at radius 1 is 0.811 bits per heavy atom. The summed E-state index contributed by atoms with van der Waals surface area (Å²) in [6.45, 7) is 0.820. The Kier molecular flexibility index (Phi) is 9.38. The van der Waals surface area contributed by atoms with Crippen LogP contribution < -0.4 is 0 Å². The predicted octanol–water partition coefficient (Wildman–Crippen LogP) is 6.07. The first-order valence-corrected chi connectivity index (χ1v) is 15.8. The molecule has 0 aliphatic carbocycles. The average Bonchev–Trinajstić information content (AvgIpc) is 2.87. The highest BCUT2D eigenvalue weighted by atomic mass is 35.5. The lowest BCUT2D eigenvalue weighted by Crippen LogP contribution is -2.49. The maximum absolute atomic E-state index is 15.6. The van der Waals surface area contributed by atoms with E-state index in [-0.39, 0.29) is 21.1 Å². The van der Waals surface area contributed by atoms with Gasteiger partial charge in [0.15, 0.2) is 0 Å². The van der Waals surface area contributed by atoms with Gasteiger partial charge >= 0.3 is 15.4 Å². The van der Waals surface area contributed by atoms with Crippen molar-refractivity contribution < 1.29 is 38.5 Å². The van der Waals surface area contributed by atoms with E-state index in [0.717, 1.165) is 0 Å². The Morgan fingerprint density at radius 3 is 1.51 bits per heavy atom. The zero-order valence-electron chi connectivity index (χ0n) is 19.5. The van der Waals surface area contributed by atoms with Gasteiger partial charge in [-0.3, -0.25) is 4.55 Å². The van der Waals surface area contributed by atoms with Crippen LogP contribution >= 0.6 is 21.9 Å². The third-order valence-electron chi connectivity index (χ3n) is 5.17. The second-order valence-electron chi connectivity index (χ2n) is 7.77. The fraction of sp³-hybridized carbons (Fsp3) is 0.250. The number of benzene rings is 3. The van der Waals surface area contributed by atoms with Crippen LogP contribution in [-0.4, -0.2) is 44.1 Å². The van der Waals surface area contributed by atoms with Crippen molar-refractivity contribution in [3.05, 3.63) is 91.0 Å². The molecule has 0 aliphatic heterocycles. The second-order valence-corrected chi connectivity index (χ2v) is 14.4. The lowest BCUT2D eigenvalue weighted by Gasteiger charge is -2.40. The van der Waals surface area contributed by atoms with Crippen LogP contribution in [0.3, 0.4) is 0 Å². The first-order valence-electron chi connectivity index (χ1n) is 10.9. The molecule has 0 amide bonds. The summed E-state index contributed by atoms with van der Waals surface area (Å²) >= 11 is 5.85. The highest BCUT2D eigenvalue weighted by molar-refractivity contribution is 8.33. The van der Waals surface area contributed by atoms with Crippen molar-refractivity contribution in [2.75, 3.05) is 6.61 Å². The largest absolute Gasteiger partial charge is 0.412 e. The topological polar surface area (TPSA) is 107 Å². The number of hydrogen-bond acceptors (Lipinski definition) is 6. The molecule has 37 heavy (non-hydrogen) atoms. The normalized spacial score (nSPS) is 15.2. The van der Waals surface area contributed by atoms with Gasteiger partial charge < -0.3 is 4.74 Å². The molecule has 0 spiro atoms. The van der Waals surface area contributed by atoms with Crippen molar-refractivity contribution in [3.8, 4) is 0 Å². The lowest BCUT2D eigenvalue weighted by molar-refractivity contribution is -0.0479. The molecule has 0 aromatic heterocycles. The van der Waals surface area contributed by atoms with Gasteiger partial charge in [0.05, 0.1) is 12.0 Å². The predicted molar refractivity (Wildman–Crippen MR) is 138 cm³/mol. The number of ether oxygens (including phenoxy) is 1. The van der Waals surface area contributed by atoms with Crippen LogP contribution in [0.25, 0.3) is 0 Å². The molecule has 2 unspecified atom stereocenters. The number of alkyl halides is 3. The van der Waals surface area contributed by atoms with E-state index in [2.05, 4.69) is 4.74 Å². The smallest absolute Gasteiger partial charge is 0.352 e. The van der Waals surface area contributed by atoms with E-state index in [1.807, 2.05) is 0 Å². The third-order valence-corrected chi connectivity index (χ3v) is 11.9. The number of halogens is 3. The standard InChI is InChI=1S/C24H25ClF2O7S3/c1-2-19(25)18-33-23(36(28,29)30)24(26,27)37(31,32)34-35(20-12-6-3-7-13-20,21-14-8-4-9-15-21)22-16-10-5-11-17-22/h3-17,19,23H,2,18H2,1H3,(H,28,29,30). The fourth-order valence-corrected chi connectivity index (χ4v) is 9.84. The molecule has 0 aliphatic rings. The molecule has 0 bridgehead atoms. The van der Waals surface area contributed by atoms with E-state index in [4.69, 9.17) is 15.2 Å². The van der Waals surface area contributed by atoms with E-state index in [1.54, 1.807) is 61.5 Å². The fourth-order valence-electron chi connectivity index (χ4n) is 3.33. The lowest BCUT2D eigenvalue weighted by atomic mass is 10.3. The van der Waals surface area contributed by atoms with Gasteiger partial charge in [0, 0.05) is 14.7 Å². The van der Waals surface area contributed by atoms with Crippen molar-refractivity contribution in [3.63, 3.8) is 0 Å². The van der Waals surface area contributed by atoms with Crippen molar-refractivity contribution in [2.45, 2.75) is 44.1 Å². The van der Waals surface area contributed by atoms with Gasteiger partial charge in [-0.2, -0.15) is 25.6 Å². The van der Waals surface area contributed by atoms with E-state index in [1.165, 1.54) is 36.4 Å². The molecule has 13 heteroatoms. The van der Waals surface area contributed by atoms with E-state index in [9.17, 15) is 21.4 Å². The van der Waals surface area contributed by atoms with Crippen LogP contribution in [0.4, 0.5) is 8.78 Å². The Morgan fingerprint density at radius 2 is 1.19 bits per heavy atom. The van der Waals surface area contributed by atoms with Gasteiger partial charge in [-0.1, -0.05) is 61.5 Å². The highest BCUT2D eigenvalue weighted by Crippen LogP contribution is 2.70. The molecule has 0 saturated heterocycles. The minimum atomic E-state index is -6.10. The van der Waals surface area contributed by atoms with Gasteiger partial charge in [-0.25, -0.2) is 3.63 Å². The summed E-state index contributed by atoms with van der Waals surface area (Å²) in [6, 6.07) is 23.7. The molecule has 0 radical (unpaired) electrons. The maximum Gasteiger partial charge on any atom is 0.412 e. The molecule has 2 atom stereocenters. The molecular formula is C24H25ClF2O7S3. The Labute approximate surface area is 221 Å². The molecule has 0 heterocycles. The third kappa shape index (κ3) is 6.33. The summed E-state index contributed by atoms with van der Waals surface area (Å²) in [5.41, 5.74) is -3.47. The zero-order chi connectivity index (χ0) is 27.3. The van der Waals surface area contributed by atoms with Crippen molar-refractivity contribution >= 4 is 42.1 Å². The Hall–Kier alpha value is -2.06. The SMILES string of the molecule is CCC(Cl)COC(C(F)(F)S(=O)(=O)OS(c1ccccc1)(c1ccccc1)c1ccccc1)S(=O)(=O)O. The van der Waals surface area contributed by atoms with Gasteiger partial charge in [0.25, 0.3) is 15.6 Å². The Balaban J connectivity index is 2.25. The minimum absolute atomic E-state index is 0.206. The van der Waals surface area contributed by atoms with Gasteiger partial charge in [0.1, 0.15) is 0 Å². The number of rotatable bonds is 12. The van der Waals surface area contributed by atoms with Crippen LogP contribution in [-0.2, 0) is 28.6 Å². The minimum Gasteiger partial charge on any atom is -0.352 e. The first-order chi connectivity index (χ1) is 17.4. The van der Waals surface area contributed by atoms with Crippen LogP contribution in [0.1, 0.15) is 13.3 Å². The van der Waals surface area contributed by atoms with Crippen molar-refractivity contribution in [2.24, 2.45) is 0 Å². The molecule has 1 N–H and O–H groups in total. The quantitative estimate of drug-likeness (QED) is 0.200. The maximum atomic E-state index is 15.6. The first kappa shape index (κ1) is 29.5. The van der Waals surface area contributed by atoms with E-state index >= 15 is 8.78 Å². The van der Waals surface area contributed by atoms with Crippen LogP contribution in [0.15, 0.2) is 106 Å². The molecule has 3 aromatic rings. The summed E-state index contributed by atoms with van der Waals surface area (Å²) < 4.78 is 101. The summed E-state index contributed by atoms with van der Waals surface area (Å²) in [6.07, 6.45) is 0.206. The zero-order valence-corrected chi connectivity index (χ0v) is 22.7. The summed E-state index contributed by atoms with van der Waals surface area (Å²) in [5, 5.41) is -6.13. The van der Waals surface area contributed by atoms with E-state index in [0.29, 0.717) is 0 Å². The molecule has 7 nitrogen and oxygen atoms in total. The van der Waals surface area contributed by atoms with Crippen molar-refractivity contribution in [1.82, 2.24) is 0 Å². The average molecular weight is 595 g/mol. The second kappa shape index (κ2) is 11.8. The number of hydrogen-bond donors (Lipinski definition) is 1. The Bertz CT molecular complexity index is 1280. The molecule has 0 fully saturated rings. The van der Waals surface area contributed by atoms with Crippen LogP contribution in [0.5, 0.6) is 0 Å². The summed E-state index contributed by atoms with van der Waals surface area (Å²) in [7, 11) is -15.3. The van der Waals surface area contributed by atoms with Crippen molar-refractivity contribution in [1.29, 1.82) is 0 Å². The monoisotopic (exact) mass is 594 g/mol. The summed E-state index contributed by atoms with van der Waals surface area (Å²) in [5.74, 6) is 0. The van der Waals surface area contributed by atoms with Gasteiger partial charge in [-0.05, 0) is 53.1 Å². The summed E-state index contributed by atoms with van der Waals surface area (Å²) in [4.78, 5) is 0.758. The van der Waals surface area contributed by atoms with Gasteiger partial charge in [0.2, 0.25) is 0 Å². The van der Waals surface area contributed by atoms with Crippen LogP contribution in [0, 0.1) is 0 Å². The molecule has 3 aromatic carbocycles. The highest BCUT2D eigenvalue weighted by Gasteiger charge is 2.62. The molecule has 0 saturated carbocycles. The molecule has 202 valence electrons. The van der Waals surface area contributed by atoms with Gasteiger partial charge in [-0.15, -0.1) is 11.6 Å².